The normalized spacial score (nSPS) is 11.7. The molecule has 0 fully saturated rings. The first kappa shape index (κ1) is 20.5. The molecule has 152 valence electrons. The molecule has 1 N–H and O–H groups in total. The van der Waals surface area contributed by atoms with Crippen LogP contribution in [0.4, 0.5) is 0 Å². The minimum atomic E-state index is -0.140. The number of nitrogens with one attached hydrogen (secondary N) is 1. The average molecular weight is 393 g/mol. The minimum Gasteiger partial charge on any atom is -0.497 e. The smallest absolute Gasteiger partial charge is 0.269 e. The Morgan fingerprint density at radius 1 is 1.10 bits per heavy atom. The first-order valence-corrected chi connectivity index (χ1v) is 9.63. The number of ether oxygens (including phenoxy) is 2. The summed E-state index contributed by atoms with van der Waals surface area (Å²) in [6.07, 6.45) is 1.79. The number of amides is 1. The number of methoxy groups -OCH3 is 2. The molecular formula is C23H27N3O3. The van der Waals surface area contributed by atoms with E-state index in [1.165, 1.54) is 5.56 Å². The van der Waals surface area contributed by atoms with Gasteiger partial charge in [0.15, 0.2) is 0 Å². The molecule has 6 heteroatoms. The van der Waals surface area contributed by atoms with Gasteiger partial charge < -0.3 is 14.8 Å². The Hall–Kier alpha value is -3.28. The number of hydrogen-bond acceptors (Lipinski definition) is 4. The van der Waals surface area contributed by atoms with Crippen LogP contribution in [0.25, 0.3) is 11.3 Å². The molecule has 1 heterocycles. The van der Waals surface area contributed by atoms with Crippen LogP contribution in [0, 0.1) is 0 Å². The van der Waals surface area contributed by atoms with Crippen molar-refractivity contribution in [3.8, 4) is 22.8 Å². The summed E-state index contributed by atoms with van der Waals surface area (Å²) in [5, 5.41) is 7.57. The maximum absolute atomic E-state index is 12.8. The lowest BCUT2D eigenvalue weighted by Crippen LogP contribution is -2.34. The third-order valence-electron chi connectivity index (χ3n) is 4.88. The van der Waals surface area contributed by atoms with Gasteiger partial charge in [-0.3, -0.25) is 9.48 Å². The van der Waals surface area contributed by atoms with E-state index in [0.717, 1.165) is 18.4 Å². The van der Waals surface area contributed by atoms with Gasteiger partial charge in [-0.1, -0.05) is 30.3 Å². The molecule has 0 saturated carbocycles. The van der Waals surface area contributed by atoms with Gasteiger partial charge in [-0.2, -0.15) is 5.10 Å². The van der Waals surface area contributed by atoms with Gasteiger partial charge in [0.2, 0.25) is 0 Å². The third-order valence-corrected chi connectivity index (χ3v) is 4.88. The zero-order valence-electron chi connectivity index (χ0n) is 17.3. The van der Waals surface area contributed by atoms with Crippen LogP contribution >= 0.6 is 0 Å². The van der Waals surface area contributed by atoms with Crippen molar-refractivity contribution in [2.75, 3.05) is 14.2 Å². The second-order valence-electron chi connectivity index (χ2n) is 7.00. The second-order valence-corrected chi connectivity index (χ2v) is 7.00. The van der Waals surface area contributed by atoms with Crippen molar-refractivity contribution in [2.24, 2.45) is 7.05 Å². The van der Waals surface area contributed by atoms with E-state index < -0.39 is 0 Å². The number of nitrogens with zero attached hydrogens (tertiary/aromatic N) is 2. The van der Waals surface area contributed by atoms with Crippen LogP contribution in [0.1, 0.15) is 29.4 Å². The fourth-order valence-electron chi connectivity index (χ4n) is 3.22. The van der Waals surface area contributed by atoms with E-state index in [-0.39, 0.29) is 11.9 Å². The van der Waals surface area contributed by atoms with Crippen LogP contribution in [0.15, 0.2) is 54.6 Å². The second kappa shape index (κ2) is 9.28. The van der Waals surface area contributed by atoms with Crippen molar-refractivity contribution < 1.29 is 14.3 Å². The Labute approximate surface area is 171 Å². The Bertz CT molecular complexity index is 967. The highest BCUT2D eigenvalue weighted by Crippen LogP contribution is 2.32. The lowest BCUT2D eigenvalue weighted by Gasteiger charge is -2.13. The van der Waals surface area contributed by atoms with E-state index in [2.05, 4.69) is 22.5 Å². The summed E-state index contributed by atoms with van der Waals surface area (Å²) in [7, 11) is 4.98. The maximum Gasteiger partial charge on any atom is 0.269 e. The molecule has 0 aliphatic heterocycles. The van der Waals surface area contributed by atoms with E-state index >= 15 is 0 Å². The number of carbonyl (C=O) groups excluding carboxylic acids is 1. The minimum absolute atomic E-state index is 0.0524. The van der Waals surface area contributed by atoms with Gasteiger partial charge in [-0.25, -0.2) is 0 Å². The summed E-state index contributed by atoms with van der Waals surface area (Å²) in [6.45, 7) is 2.02. The lowest BCUT2D eigenvalue weighted by molar-refractivity contribution is 0.0929. The molecule has 1 unspecified atom stereocenters. The van der Waals surface area contributed by atoms with Gasteiger partial charge in [0, 0.05) is 24.7 Å². The van der Waals surface area contributed by atoms with Crippen molar-refractivity contribution in [1.82, 2.24) is 15.1 Å². The number of aryl methyl sites for hydroxylation is 2. The summed E-state index contributed by atoms with van der Waals surface area (Å²) in [5.74, 6) is 1.21. The SMILES string of the molecule is COc1ccc(-c2cc(C(=O)NC(C)CCc3ccccc3)n(C)n2)c(OC)c1. The molecule has 29 heavy (non-hydrogen) atoms. The molecule has 0 aliphatic rings. The number of aromatic nitrogens is 2. The van der Waals surface area contributed by atoms with Crippen molar-refractivity contribution in [1.29, 1.82) is 0 Å². The summed E-state index contributed by atoms with van der Waals surface area (Å²) >= 11 is 0. The molecule has 3 aromatic rings. The quantitative estimate of drug-likeness (QED) is 0.631. The lowest BCUT2D eigenvalue weighted by atomic mass is 10.1. The fraction of sp³-hybridized carbons (Fsp3) is 0.304. The molecule has 1 amide bonds. The molecule has 1 atom stereocenters. The topological polar surface area (TPSA) is 65.4 Å². The predicted octanol–water partition coefficient (Wildman–Crippen LogP) is 3.86. The van der Waals surface area contributed by atoms with Gasteiger partial charge in [0.1, 0.15) is 17.2 Å². The molecule has 1 aromatic heterocycles. The molecular weight excluding hydrogens is 366 g/mol. The standard InChI is InChI=1S/C23H27N3O3/c1-16(10-11-17-8-6-5-7-9-17)24-23(27)21-15-20(25-26(21)2)19-13-12-18(28-3)14-22(19)29-4/h5-9,12-16H,10-11H2,1-4H3,(H,24,27). The Morgan fingerprint density at radius 2 is 1.86 bits per heavy atom. The van der Waals surface area contributed by atoms with Gasteiger partial charge in [-0.05, 0) is 43.5 Å². The van der Waals surface area contributed by atoms with Crippen LogP contribution in [0.5, 0.6) is 11.5 Å². The summed E-state index contributed by atoms with van der Waals surface area (Å²) in [5.41, 5.74) is 3.25. The number of hydrogen-bond donors (Lipinski definition) is 1. The summed E-state index contributed by atoms with van der Waals surface area (Å²) in [4.78, 5) is 12.8. The van der Waals surface area contributed by atoms with Crippen LogP contribution in [0.3, 0.4) is 0 Å². The monoisotopic (exact) mass is 393 g/mol. The van der Waals surface area contributed by atoms with Crippen LogP contribution in [-0.2, 0) is 13.5 Å². The first-order chi connectivity index (χ1) is 14.0. The molecule has 0 bridgehead atoms. The van der Waals surface area contributed by atoms with Crippen LogP contribution in [0.2, 0.25) is 0 Å². The first-order valence-electron chi connectivity index (χ1n) is 9.63. The fourth-order valence-corrected chi connectivity index (χ4v) is 3.22. The predicted molar refractivity (Wildman–Crippen MR) is 113 cm³/mol. The van der Waals surface area contributed by atoms with E-state index in [9.17, 15) is 4.79 Å². The largest absolute Gasteiger partial charge is 0.497 e. The van der Waals surface area contributed by atoms with E-state index in [1.54, 1.807) is 38.1 Å². The maximum atomic E-state index is 12.8. The van der Waals surface area contributed by atoms with Gasteiger partial charge in [0.05, 0.1) is 19.9 Å². The zero-order valence-corrected chi connectivity index (χ0v) is 17.3. The summed E-state index contributed by atoms with van der Waals surface area (Å²) < 4.78 is 12.3. The number of benzene rings is 2. The molecule has 2 aromatic carbocycles. The highest BCUT2D eigenvalue weighted by atomic mass is 16.5. The molecule has 0 aliphatic carbocycles. The zero-order chi connectivity index (χ0) is 20.8. The van der Waals surface area contributed by atoms with Gasteiger partial charge >= 0.3 is 0 Å². The van der Waals surface area contributed by atoms with Crippen molar-refractivity contribution in [2.45, 2.75) is 25.8 Å². The highest BCUT2D eigenvalue weighted by molar-refractivity contribution is 5.94. The van der Waals surface area contributed by atoms with Crippen molar-refractivity contribution in [3.63, 3.8) is 0 Å². The molecule has 0 saturated heterocycles. The average Bonchev–Trinajstić information content (AvgIpc) is 3.14. The highest BCUT2D eigenvalue weighted by Gasteiger charge is 2.18. The van der Waals surface area contributed by atoms with Crippen LogP contribution < -0.4 is 14.8 Å². The molecule has 0 radical (unpaired) electrons. The van der Waals surface area contributed by atoms with Gasteiger partial charge in [-0.15, -0.1) is 0 Å². The van der Waals surface area contributed by atoms with Crippen molar-refractivity contribution >= 4 is 5.91 Å². The number of rotatable bonds is 8. The van der Waals surface area contributed by atoms with Crippen LogP contribution in [-0.4, -0.2) is 35.9 Å². The number of carbonyl (C=O) groups is 1. The van der Waals surface area contributed by atoms with E-state index in [1.807, 2.05) is 37.3 Å². The van der Waals surface area contributed by atoms with Crippen molar-refractivity contribution in [3.05, 3.63) is 65.9 Å². The molecule has 6 nitrogen and oxygen atoms in total. The molecule has 3 rings (SSSR count). The Balaban J connectivity index is 1.70. The van der Waals surface area contributed by atoms with E-state index in [4.69, 9.17) is 9.47 Å². The summed E-state index contributed by atoms with van der Waals surface area (Å²) in [6, 6.07) is 17.6. The Morgan fingerprint density at radius 3 is 2.55 bits per heavy atom. The van der Waals surface area contributed by atoms with Gasteiger partial charge in [0.25, 0.3) is 5.91 Å². The Kier molecular flexibility index (Phi) is 6.54. The molecule has 0 spiro atoms. The third kappa shape index (κ3) is 4.96. The van der Waals surface area contributed by atoms with E-state index in [0.29, 0.717) is 22.9 Å².